The van der Waals surface area contributed by atoms with Gasteiger partial charge in [0, 0.05) is 29.1 Å². The lowest BCUT2D eigenvalue weighted by Crippen LogP contribution is -2.37. The van der Waals surface area contributed by atoms with Gasteiger partial charge in [-0.05, 0) is 29.9 Å². The van der Waals surface area contributed by atoms with E-state index in [1.807, 2.05) is 31.2 Å². The third-order valence-electron chi connectivity index (χ3n) is 4.68. The number of phenolic OH excluding ortho intramolecular Hbond substituents is 1. The first kappa shape index (κ1) is 19.6. The summed E-state index contributed by atoms with van der Waals surface area (Å²) in [7, 11) is 0. The van der Waals surface area contributed by atoms with E-state index < -0.39 is 5.63 Å². The van der Waals surface area contributed by atoms with Crippen LogP contribution in [0.2, 0.25) is 0 Å². The lowest BCUT2D eigenvalue weighted by atomic mass is 10.1. The zero-order chi connectivity index (χ0) is 21.3. The van der Waals surface area contributed by atoms with Crippen LogP contribution in [0.1, 0.15) is 28.4 Å². The minimum atomic E-state index is -0.526. The SMILES string of the molecule is CC(=O)c1cccc(CNc2nc(-c3c(=O)o[nH][n+]3-c3ccccc3C)cs2)c1O. The van der Waals surface area contributed by atoms with Crippen molar-refractivity contribution in [1.29, 1.82) is 0 Å². The van der Waals surface area contributed by atoms with E-state index in [1.165, 1.54) is 18.3 Å². The average Bonchev–Trinajstić information content (AvgIpc) is 3.33. The Kier molecular flexibility index (Phi) is 5.20. The molecule has 4 aromatic rings. The third kappa shape index (κ3) is 3.62. The quantitative estimate of drug-likeness (QED) is 0.324. The van der Waals surface area contributed by atoms with E-state index in [9.17, 15) is 14.7 Å². The van der Waals surface area contributed by atoms with Gasteiger partial charge >= 0.3 is 11.3 Å². The first-order valence-electron chi connectivity index (χ1n) is 9.17. The normalized spacial score (nSPS) is 10.9. The van der Waals surface area contributed by atoms with Crippen LogP contribution in [0.25, 0.3) is 17.1 Å². The predicted octanol–water partition coefficient (Wildman–Crippen LogP) is 3.20. The second kappa shape index (κ2) is 7.96. The van der Waals surface area contributed by atoms with Crippen molar-refractivity contribution in [1.82, 2.24) is 10.3 Å². The van der Waals surface area contributed by atoms with Gasteiger partial charge in [0.1, 0.15) is 5.75 Å². The molecule has 0 bridgehead atoms. The Labute approximate surface area is 175 Å². The first-order valence-corrected chi connectivity index (χ1v) is 10.0. The summed E-state index contributed by atoms with van der Waals surface area (Å²) < 4.78 is 6.58. The molecule has 0 fully saturated rings. The van der Waals surface area contributed by atoms with Gasteiger partial charge in [0.05, 0.1) is 5.56 Å². The minimum absolute atomic E-state index is 0.0436. The highest BCUT2D eigenvalue weighted by Crippen LogP contribution is 2.26. The maximum absolute atomic E-state index is 12.3. The van der Waals surface area contributed by atoms with Gasteiger partial charge in [0.25, 0.3) is 0 Å². The van der Waals surface area contributed by atoms with Gasteiger partial charge in [-0.25, -0.2) is 9.78 Å². The Morgan fingerprint density at radius 1 is 1.27 bits per heavy atom. The van der Waals surface area contributed by atoms with Crippen molar-refractivity contribution in [3.8, 4) is 22.8 Å². The number of carbonyl (C=O) groups is 1. The number of aromatic hydroxyl groups is 1. The molecule has 0 amide bonds. The van der Waals surface area contributed by atoms with Crippen molar-refractivity contribution in [3.63, 3.8) is 0 Å². The summed E-state index contributed by atoms with van der Waals surface area (Å²) in [6.07, 6.45) is 0. The number of nitrogens with one attached hydrogen (secondary N) is 2. The van der Waals surface area contributed by atoms with E-state index in [1.54, 1.807) is 28.3 Å². The van der Waals surface area contributed by atoms with Crippen molar-refractivity contribution in [2.24, 2.45) is 0 Å². The molecule has 0 aliphatic carbocycles. The van der Waals surface area contributed by atoms with E-state index >= 15 is 0 Å². The molecule has 0 radical (unpaired) electrons. The molecule has 2 aromatic carbocycles. The first-order chi connectivity index (χ1) is 14.5. The molecule has 0 spiro atoms. The van der Waals surface area contributed by atoms with Crippen LogP contribution in [0.5, 0.6) is 5.75 Å². The molecule has 30 heavy (non-hydrogen) atoms. The zero-order valence-electron chi connectivity index (χ0n) is 16.3. The Morgan fingerprint density at radius 3 is 2.83 bits per heavy atom. The van der Waals surface area contributed by atoms with Crippen molar-refractivity contribution >= 4 is 22.3 Å². The van der Waals surface area contributed by atoms with Crippen molar-refractivity contribution in [3.05, 3.63) is 75.0 Å². The molecule has 0 atom stereocenters. The van der Waals surface area contributed by atoms with E-state index in [0.29, 0.717) is 16.4 Å². The van der Waals surface area contributed by atoms with Crippen molar-refractivity contribution in [2.75, 3.05) is 5.32 Å². The summed E-state index contributed by atoms with van der Waals surface area (Å²) in [6.45, 7) is 3.62. The number of hydrogen-bond donors (Lipinski definition) is 3. The number of aromatic amines is 1. The second-order valence-corrected chi connectivity index (χ2v) is 7.57. The van der Waals surface area contributed by atoms with Gasteiger partial charge in [-0.2, -0.15) is 0 Å². The Hall–Kier alpha value is -3.72. The van der Waals surface area contributed by atoms with Gasteiger partial charge in [0.2, 0.25) is 5.69 Å². The number of ketones is 1. The Morgan fingerprint density at radius 2 is 2.07 bits per heavy atom. The van der Waals surface area contributed by atoms with E-state index in [4.69, 9.17) is 4.52 Å². The molecule has 0 aliphatic rings. The number of Topliss-reactive ketones (excluding diaryl/α,β-unsaturated/α-hetero) is 1. The molecule has 0 unspecified atom stereocenters. The molecule has 0 saturated carbocycles. The summed E-state index contributed by atoms with van der Waals surface area (Å²) in [5.41, 5.74) is 2.83. The highest BCUT2D eigenvalue weighted by Gasteiger charge is 2.28. The van der Waals surface area contributed by atoms with Crippen LogP contribution < -0.4 is 15.6 Å². The number of benzene rings is 2. The maximum Gasteiger partial charge on any atom is 0.437 e. The molecule has 8 nitrogen and oxygen atoms in total. The van der Waals surface area contributed by atoms with Gasteiger partial charge in [0.15, 0.2) is 16.6 Å². The summed E-state index contributed by atoms with van der Waals surface area (Å²) in [5, 5.41) is 18.3. The molecule has 2 heterocycles. The van der Waals surface area contributed by atoms with Crippen LogP contribution in [0, 0.1) is 6.92 Å². The molecular weight excluding hydrogens is 404 g/mol. The fourth-order valence-electron chi connectivity index (χ4n) is 3.13. The lowest BCUT2D eigenvalue weighted by molar-refractivity contribution is -0.660. The van der Waals surface area contributed by atoms with E-state index in [-0.39, 0.29) is 29.3 Å². The van der Waals surface area contributed by atoms with Crippen LogP contribution in [-0.2, 0) is 6.54 Å². The molecule has 0 aliphatic heterocycles. The number of H-pyrrole nitrogens is 1. The monoisotopic (exact) mass is 423 g/mol. The minimum Gasteiger partial charge on any atom is -0.507 e. The van der Waals surface area contributed by atoms with Crippen LogP contribution >= 0.6 is 11.3 Å². The van der Waals surface area contributed by atoms with Crippen LogP contribution in [0.15, 0.2) is 57.2 Å². The smallest absolute Gasteiger partial charge is 0.437 e. The number of rotatable bonds is 6. The fourth-order valence-corrected chi connectivity index (χ4v) is 3.82. The summed E-state index contributed by atoms with van der Waals surface area (Å²) in [6, 6.07) is 12.6. The third-order valence-corrected chi connectivity index (χ3v) is 5.48. The van der Waals surface area contributed by atoms with Crippen LogP contribution in [-0.4, -0.2) is 21.1 Å². The number of phenols is 1. The molecule has 3 N–H and O–H groups in total. The van der Waals surface area contributed by atoms with E-state index in [0.717, 1.165) is 11.3 Å². The second-order valence-electron chi connectivity index (χ2n) is 6.71. The molecule has 9 heteroatoms. The maximum atomic E-state index is 12.3. The van der Waals surface area contributed by atoms with Gasteiger partial charge in [-0.15, -0.1) is 11.3 Å². The summed E-state index contributed by atoms with van der Waals surface area (Å²) in [5.74, 6) is -0.246. The van der Waals surface area contributed by atoms with Gasteiger partial charge in [-0.1, -0.05) is 30.3 Å². The zero-order valence-corrected chi connectivity index (χ0v) is 17.1. The highest BCUT2D eigenvalue weighted by atomic mass is 32.1. The number of thiazole rings is 1. The number of hydrogen-bond acceptors (Lipinski definition) is 7. The highest BCUT2D eigenvalue weighted by molar-refractivity contribution is 7.14. The Balaban J connectivity index is 1.60. The van der Waals surface area contributed by atoms with Crippen molar-refractivity contribution < 1.29 is 19.1 Å². The van der Waals surface area contributed by atoms with Gasteiger partial charge in [-0.3, -0.25) is 9.32 Å². The van der Waals surface area contributed by atoms with E-state index in [2.05, 4.69) is 15.6 Å². The summed E-state index contributed by atoms with van der Waals surface area (Å²) >= 11 is 1.32. The Bertz CT molecular complexity index is 1290. The standard InChI is InChI=1S/C21H18N4O4S/c1-12-6-3-4-9-17(12)25-18(20(28)29-24-25)16-11-30-21(23-16)22-10-14-7-5-8-15(13(2)26)19(14)27/h3-9,11H,10H2,1-2H3,(H2-,22,23,24,26,27,28)/p+1. The number of aromatic nitrogens is 3. The average molecular weight is 423 g/mol. The summed E-state index contributed by atoms with van der Waals surface area (Å²) in [4.78, 5) is 28.4. The number of aryl methyl sites for hydroxylation is 1. The fraction of sp³-hybridized carbons (Fsp3) is 0.143. The molecule has 4 rings (SSSR count). The van der Waals surface area contributed by atoms with Crippen molar-refractivity contribution in [2.45, 2.75) is 20.4 Å². The molecule has 2 aromatic heterocycles. The largest absolute Gasteiger partial charge is 0.507 e. The van der Waals surface area contributed by atoms with Crippen LogP contribution in [0.4, 0.5) is 5.13 Å². The predicted molar refractivity (Wildman–Crippen MR) is 112 cm³/mol. The van der Waals surface area contributed by atoms with Crippen LogP contribution in [0.3, 0.4) is 0 Å². The van der Waals surface area contributed by atoms with Gasteiger partial charge < -0.3 is 10.4 Å². The number of carbonyl (C=O) groups excluding carboxylic acids is 1. The molecule has 0 saturated heterocycles. The molecular formula is C21H19N4O4S+. The number of para-hydroxylation sites is 2. The topological polar surface area (TPSA) is 112 Å². The number of anilines is 1. The lowest BCUT2D eigenvalue weighted by Gasteiger charge is -2.08. The number of nitrogens with zero attached hydrogens (tertiary/aromatic N) is 2. The molecule has 152 valence electrons.